The summed E-state index contributed by atoms with van der Waals surface area (Å²) in [5.41, 5.74) is 3.47. The van der Waals surface area contributed by atoms with Crippen LogP contribution in [0, 0.1) is 0 Å². The van der Waals surface area contributed by atoms with Crippen LogP contribution in [0.4, 0.5) is 0 Å². The van der Waals surface area contributed by atoms with Crippen molar-refractivity contribution in [3.8, 4) is 11.5 Å². The van der Waals surface area contributed by atoms with Gasteiger partial charge in [0.2, 0.25) is 0 Å². The Morgan fingerprint density at radius 1 is 0.906 bits per heavy atom. The number of rotatable bonds is 9. The second-order valence-electron chi connectivity index (χ2n) is 7.18. The molecule has 1 amide bonds. The van der Waals surface area contributed by atoms with Crippen molar-refractivity contribution < 1.29 is 19.5 Å². The van der Waals surface area contributed by atoms with Gasteiger partial charge in [0.25, 0.3) is 5.91 Å². The van der Waals surface area contributed by atoms with Gasteiger partial charge in [0.15, 0.2) is 11.5 Å². The summed E-state index contributed by atoms with van der Waals surface area (Å²) in [5.74, 6) is 1.10. The molecular weight excluding hydrogens is 404 g/mol. The van der Waals surface area contributed by atoms with Crippen LogP contribution in [0.25, 0.3) is 0 Å². The lowest BCUT2D eigenvalue weighted by Gasteiger charge is -2.22. The fraction of sp³-hybridized carbons (Fsp3) is 0.231. The molecule has 1 N–H and O–H groups in total. The Balaban J connectivity index is 1.96. The van der Waals surface area contributed by atoms with Gasteiger partial charge < -0.3 is 19.6 Å². The first-order valence-electron chi connectivity index (χ1n) is 10.5. The number of methoxy groups -OCH3 is 2. The molecule has 0 aliphatic rings. The summed E-state index contributed by atoms with van der Waals surface area (Å²) < 4.78 is 11.0. The molecule has 32 heavy (non-hydrogen) atoms. The fourth-order valence-corrected chi connectivity index (χ4v) is 3.63. The zero-order chi connectivity index (χ0) is 22.9. The first-order valence-corrected chi connectivity index (χ1v) is 10.5. The molecule has 3 aromatic rings. The van der Waals surface area contributed by atoms with Crippen LogP contribution in [-0.2, 0) is 6.42 Å². The molecule has 0 spiro atoms. The standard InChI is InChI=1S/C26H28N2O4/c1-4-28(26(29)20-13-9-6-10-14-20)16-15-21-17-23(31-2)24(32-3)18-22(21)25(27-30)19-11-7-5-8-12-19/h5-14,17-18,30H,4,15-16H2,1-3H3/b27-25-. The summed E-state index contributed by atoms with van der Waals surface area (Å²) in [5, 5.41) is 13.4. The van der Waals surface area contributed by atoms with E-state index in [0.717, 1.165) is 16.7 Å². The molecule has 0 aliphatic carbocycles. The number of nitrogens with zero attached hydrogens (tertiary/aromatic N) is 2. The number of likely N-dealkylation sites (N-methyl/N-ethyl adjacent to an activating group) is 1. The van der Waals surface area contributed by atoms with Crippen molar-refractivity contribution in [2.24, 2.45) is 5.16 Å². The van der Waals surface area contributed by atoms with E-state index in [0.29, 0.717) is 42.3 Å². The van der Waals surface area contributed by atoms with Crippen LogP contribution in [0.5, 0.6) is 11.5 Å². The van der Waals surface area contributed by atoms with E-state index in [1.807, 2.05) is 79.7 Å². The summed E-state index contributed by atoms with van der Waals surface area (Å²) in [6, 6.07) is 22.4. The smallest absolute Gasteiger partial charge is 0.253 e. The molecule has 0 saturated heterocycles. The molecule has 166 valence electrons. The molecule has 0 aliphatic heterocycles. The zero-order valence-corrected chi connectivity index (χ0v) is 18.6. The molecule has 3 rings (SSSR count). The quantitative estimate of drug-likeness (QED) is 0.304. The van der Waals surface area contributed by atoms with Crippen molar-refractivity contribution in [2.45, 2.75) is 13.3 Å². The van der Waals surface area contributed by atoms with Gasteiger partial charge in [-0.1, -0.05) is 53.7 Å². The first kappa shape index (κ1) is 22.9. The Kier molecular flexibility index (Phi) is 7.86. The third-order valence-corrected chi connectivity index (χ3v) is 5.35. The number of benzene rings is 3. The molecule has 0 fully saturated rings. The highest BCUT2D eigenvalue weighted by atomic mass is 16.5. The summed E-state index contributed by atoms with van der Waals surface area (Å²) >= 11 is 0. The molecule has 0 radical (unpaired) electrons. The lowest BCUT2D eigenvalue weighted by Crippen LogP contribution is -2.33. The SMILES string of the molecule is CCN(CCc1cc(OC)c(OC)cc1/C(=N\O)c1ccccc1)C(=O)c1ccccc1. The van der Waals surface area contributed by atoms with Crippen molar-refractivity contribution in [3.05, 3.63) is 95.1 Å². The van der Waals surface area contributed by atoms with Crippen molar-refractivity contribution in [3.63, 3.8) is 0 Å². The predicted octanol–water partition coefficient (Wildman–Crippen LogP) is 4.64. The number of amides is 1. The van der Waals surface area contributed by atoms with Crippen LogP contribution in [-0.4, -0.2) is 49.0 Å². The molecule has 0 atom stereocenters. The second kappa shape index (κ2) is 11.0. The molecular formula is C26H28N2O4. The average Bonchev–Trinajstić information content (AvgIpc) is 2.86. The molecule has 0 aromatic heterocycles. The van der Waals surface area contributed by atoms with Gasteiger partial charge in [0.1, 0.15) is 5.71 Å². The van der Waals surface area contributed by atoms with Gasteiger partial charge in [-0.3, -0.25) is 4.79 Å². The van der Waals surface area contributed by atoms with Gasteiger partial charge in [0.05, 0.1) is 14.2 Å². The Hall–Kier alpha value is -3.80. The lowest BCUT2D eigenvalue weighted by molar-refractivity contribution is 0.0766. The number of oxime groups is 1. The minimum absolute atomic E-state index is 0.0192. The summed E-state index contributed by atoms with van der Waals surface area (Å²) in [7, 11) is 3.15. The van der Waals surface area contributed by atoms with Crippen molar-refractivity contribution >= 4 is 11.6 Å². The Labute approximate surface area is 188 Å². The van der Waals surface area contributed by atoms with Crippen LogP contribution >= 0.6 is 0 Å². The van der Waals surface area contributed by atoms with E-state index in [1.165, 1.54) is 0 Å². The normalized spacial score (nSPS) is 11.2. The number of carbonyl (C=O) groups is 1. The number of hydrogen-bond donors (Lipinski definition) is 1. The van der Waals surface area contributed by atoms with Crippen molar-refractivity contribution in [1.82, 2.24) is 4.90 Å². The molecule has 6 nitrogen and oxygen atoms in total. The highest BCUT2D eigenvalue weighted by Crippen LogP contribution is 2.32. The number of carbonyl (C=O) groups excluding carboxylic acids is 1. The van der Waals surface area contributed by atoms with E-state index in [2.05, 4.69) is 5.16 Å². The van der Waals surface area contributed by atoms with E-state index < -0.39 is 0 Å². The largest absolute Gasteiger partial charge is 0.493 e. The topological polar surface area (TPSA) is 71.4 Å². The maximum absolute atomic E-state index is 12.9. The van der Waals surface area contributed by atoms with Gasteiger partial charge in [-0.05, 0) is 43.2 Å². The summed E-state index contributed by atoms with van der Waals surface area (Å²) in [4.78, 5) is 14.7. The van der Waals surface area contributed by atoms with Gasteiger partial charge in [-0.2, -0.15) is 0 Å². The predicted molar refractivity (Wildman–Crippen MR) is 125 cm³/mol. The highest BCUT2D eigenvalue weighted by Gasteiger charge is 2.20. The molecule has 0 saturated carbocycles. The number of ether oxygens (including phenoxy) is 2. The maximum atomic E-state index is 12.9. The number of hydrogen-bond acceptors (Lipinski definition) is 5. The van der Waals surface area contributed by atoms with E-state index in [-0.39, 0.29) is 5.91 Å². The minimum atomic E-state index is -0.0192. The van der Waals surface area contributed by atoms with Crippen LogP contribution < -0.4 is 9.47 Å². The van der Waals surface area contributed by atoms with Crippen LogP contribution in [0.2, 0.25) is 0 Å². The first-order chi connectivity index (χ1) is 15.6. The van der Waals surface area contributed by atoms with E-state index in [9.17, 15) is 10.0 Å². The molecule has 0 heterocycles. The second-order valence-corrected chi connectivity index (χ2v) is 7.18. The van der Waals surface area contributed by atoms with Gasteiger partial charge in [-0.15, -0.1) is 0 Å². The van der Waals surface area contributed by atoms with E-state index in [4.69, 9.17) is 9.47 Å². The summed E-state index contributed by atoms with van der Waals surface area (Å²) in [6.45, 7) is 3.04. The molecule has 0 bridgehead atoms. The van der Waals surface area contributed by atoms with Crippen LogP contribution in [0.15, 0.2) is 78.0 Å². The molecule has 0 unspecified atom stereocenters. The van der Waals surface area contributed by atoms with Gasteiger partial charge in [0, 0.05) is 29.8 Å². The van der Waals surface area contributed by atoms with Crippen LogP contribution in [0.3, 0.4) is 0 Å². The van der Waals surface area contributed by atoms with Gasteiger partial charge >= 0.3 is 0 Å². The Bertz CT molecular complexity index is 1070. The third-order valence-electron chi connectivity index (χ3n) is 5.35. The minimum Gasteiger partial charge on any atom is -0.493 e. The summed E-state index contributed by atoms with van der Waals surface area (Å²) in [6.07, 6.45) is 0.550. The fourth-order valence-electron chi connectivity index (χ4n) is 3.63. The van der Waals surface area contributed by atoms with Crippen LogP contribution in [0.1, 0.15) is 34.0 Å². The average molecular weight is 433 g/mol. The molecule has 6 heteroatoms. The Morgan fingerprint density at radius 2 is 1.47 bits per heavy atom. The van der Waals surface area contributed by atoms with Gasteiger partial charge in [-0.25, -0.2) is 0 Å². The van der Waals surface area contributed by atoms with E-state index >= 15 is 0 Å². The monoisotopic (exact) mass is 432 g/mol. The Morgan fingerprint density at radius 3 is 2.00 bits per heavy atom. The van der Waals surface area contributed by atoms with Crippen molar-refractivity contribution in [2.75, 3.05) is 27.3 Å². The lowest BCUT2D eigenvalue weighted by atomic mass is 9.95. The molecule has 3 aromatic carbocycles. The third kappa shape index (κ3) is 5.09. The highest BCUT2D eigenvalue weighted by molar-refractivity contribution is 6.13. The zero-order valence-electron chi connectivity index (χ0n) is 18.6. The maximum Gasteiger partial charge on any atom is 0.253 e. The van der Waals surface area contributed by atoms with E-state index in [1.54, 1.807) is 19.1 Å². The van der Waals surface area contributed by atoms with Crippen molar-refractivity contribution in [1.29, 1.82) is 0 Å².